The molecule has 2 unspecified atom stereocenters. The highest BCUT2D eigenvalue weighted by Crippen LogP contribution is 2.27. The van der Waals surface area contributed by atoms with Crippen LogP contribution >= 0.6 is 0 Å². The molecule has 0 aliphatic heterocycles. The molecule has 1 rings (SSSR count). The van der Waals surface area contributed by atoms with Crippen LogP contribution in [0.4, 0.5) is 22.4 Å². The zero-order valence-electron chi connectivity index (χ0n) is 17.7. The Morgan fingerprint density at radius 3 is 2.52 bits per heavy atom. The Morgan fingerprint density at radius 1 is 1.26 bits per heavy atom. The Hall–Kier alpha value is -2.97. The van der Waals surface area contributed by atoms with Crippen molar-refractivity contribution in [3.8, 4) is 11.5 Å². The molecule has 0 aliphatic carbocycles. The minimum atomic E-state index is -4.96. The summed E-state index contributed by atoms with van der Waals surface area (Å²) < 4.78 is 64.8. The number of nitrogens with one attached hydrogen (secondary N) is 1. The first-order valence-corrected chi connectivity index (χ1v) is 9.68. The van der Waals surface area contributed by atoms with Crippen LogP contribution in [0.15, 0.2) is 54.8 Å². The van der Waals surface area contributed by atoms with Crippen LogP contribution in [0.5, 0.6) is 11.5 Å². The van der Waals surface area contributed by atoms with E-state index in [-0.39, 0.29) is 12.4 Å². The largest absolute Gasteiger partial charge is 0.573 e. The van der Waals surface area contributed by atoms with Gasteiger partial charge in [0, 0.05) is 23.9 Å². The molecule has 9 heteroatoms. The molecule has 1 N–H and O–H groups in total. The Balaban J connectivity index is 2.63. The summed E-state index contributed by atoms with van der Waals surface area (Å²) in [4.78, 5) is 12.1. The Kier molecular flexibility index (Phi) is 10.6. The lowest BCUT2D eigenvalue weighted by Gasteiger charge is -2.18. The van der Waals surface area contributed by atoms with E-state index >= 15 is 0 Å². The maximum Gasteiger partial charge on any atom is 0.573 e. The molecule has 0 fully saturated rings. The van der Waals surface area contributed by atoms with Crippen molar-refractivity contribution in [1.29, 1.82) is 0 Å². The molecule has 0 radical (unpaired) electrons. The maximum absolute atomic E-state index is 13.5. The summed E-state index contributed by atoms with van der Waals surface area (Å²) in [6, 6.07) is 2.39. The molecule has 0 aliphatic rings. The first-order valence-electron chi connectivity index (χ1n) is 9.68. The number of halogens is 4. The normalized spacial score (nSPS) is 14.1. The van der Waals surface area contributed by atoms with E-state index in [1.165, 1.54) is 0 Å². The van der Waals surface area contributed by atoms with Gasteiger partial charge >= 0.3 is 12.5 Å². The molecule has 1 amide bonds. The molecule has 172 valence electrons. The average Bonchev–Trinajstić information content (AvgIpc) is 2.68. The van der Waals surface area contributed by atoms with Crippen molar-refractivity contribution < 1.29 is 36.6 Å². The monoisotopic (exact) mass is 445 g/mol. The highest BCUT2D eigenvalue weighted by Gasteiger charge is 2.31. The molecule has 0 spiro atoms. The van der Waals surface area contributed by atoms with Crippen LogP contribution in [-0.4, -0.2) is 25.2 Å². The summed E-state index contributed by atoms with van der Waals surface area (Å²) in [5.41, 5.74) is 0.538. The fourth-order valence-corrected chi connectivity index (χ4v) is 2.25. The molecule has 0 bridgehead atoms. The van der Waals surface area contributed by atoms with E-state index in [2.05, 4.69) is 16.6 Å². The molecular formula is C22H27F4NO4. The van der Waals surface area contributed by atoms with Crippen LogP contribution in [0.2, 0.25) is 0 Å². The van der Waals surface area contributed by atoms with E-state index in [4.69, 9.17) is 9.47 Å². The van der Waals surface area contributed by atoms with E-state index in [0.29, 0.717) is 24.1 Å². The van der Waals surface area contributed by atoms with Crippen LogP contribution in [-0.2, 0) is 4.74 Å². The smallest absolute Gasteiger partial charge is 0.489 e. The number of rotatable bonds is 11. The fourth-order valence-electron chi connectivity index (χ4n) is 2.25. The third kappa shape index (κ3) is 11.1. The molecule has 0 aromatic heterocycles. The van der Waals surface area contributed by atoms with Gasteiger partial charge in [-0.3, -0.25) is 5.32 Å². The molecule has 0 saturated heterocycles. The van der Waals surface area contributed by atoms with Crippen LogP contribution < -0.4 is 14.8 Å². The average molecular weight is 445 g/mol. The predicted molar refractivity (Wildman–Crippen MR) is 109 cm³/mol. The molecule has 0 heterocycles. The lowest BCUT2D eigenvalue weighted by atomic mass is 10.1. The van der Waals surface area contributed by atoms with E-state index in [1.807, 2.05) is 19.1 Å². The summed E-state index contributed by atoms with van der Waals surface area (Å²) in [7, 11) is 0. The molecule has 31 heavy (non-hydrogen) atoms. The van der Waals surface area contributed by atoms with Crippen LogP contribution in [0.25, 0.3) is 0 Å². The first-order chi connectivity index (χ1) is 14.6. The third-order valence-electron chi connectivity index (χ3n) is 4.01. The van der Waals surface area contributed by atoms with Crippen molar-refractivity contribution in [2.24, 2.45) is 5.92 Å². The lowest BCUT2D eigenvalue weighted by Crippen LogP contribution is -2.31. The van der Waals surface area contributed by atoms with Crippen molar-refractivity contribution in [2.45, 2.75) is 46.1 Å². The fraction of sp³-hybridized carbons (Fsp3) is 0.409. The van der Waals surface area contributed by atoms with Gasteiger partial charge in [0.2, 0.25) is 0 Å². The van der Waals surface area contributed by atoms with E-state index in [1.54, 1.807) is 26.0 Å². The van der Waals surface area contributed by atoms with Gasteiger partial charge in [-0.05, 0) is 31.8 Å². The van der Waals surface area contributed by atoms with Gasteiger partial charge in [-0.25, -0.2) is 9.18 Å². The Bertz CT molecular complexity index is 790. The van der Waals surface area contributed by atoms with Crippen molar-refractivity contribution in [3.05, 3.63) is 60.6 Å². The summed E-state index contributed by atoms with van der Waals surface area (Å²) in [6.07, 6.45) is 1.90. The number of amides is 1. The molecule has 1 aromatic rings. The Morgan fingerprint density at radius 2 is 1.94 bits per heavy atom. The minimum absolute atomic E-state index is 0.184. The van der Waals surface area contributed by atoms with Crippen molar-refractivity contribution in [3.63, 3.8) is 0 Å². The first kappa shape index (κ1) is 26.1. The van der Waals surface area contributed by atoms with E-state index in [0.717, 1.165) is 18.6 Å². The van der Waals surface area contributed by atoms with Gasteiger partial charge in [0.05, 0.1) is 0 Å². The number of ether oxygens (including phenoxy) is 3. The second kappa shape index (κ2) is 12.7. The number of hydrogen-bond acceptors (Lipinski definition) is 4. The Labute approximate surface area is 179 Å². The minimum Gasteiger partial charge on any atom is -0.489 e. The molecule has 1 aromatic carbocycles. The van der Waals surface area contributed by atoms with Gasteiger partial charge in [-0.1, -0.05) is 32.1 Å². The number of benzene rings is 1. The number of carbonyl (C=O) groups excluding carboxylic acids is 1. The zero-order valence-corrected chi connectivity index (χ0v) is 17.7. The molecule has 2 atom stereocenters. The van der Waals surface area contributed by atoms with Crippen molar-refractivity contribution in [1.82, 2.24) is 5.32 Å². The number of allylic oxidation sites excluding steroid dienone is 4. The predicted octanol–water partition coefficient (Wildman–Crippen LogP) is 6.28. The van der Waals surface area contributed by atoms with Crippen molar-refractivity contribution in [2.75, 3.05) is 6.61 Å². The maximum atomic E-state index is 13.5. The van der Waals surface area contributed by atoms with Gasteiger partial charge in [-0.15, -0.1) is 19.8 Å². The number of carbonyl (C=O) groups is 1. The molecular weight excluding hydrogens is 418 g/mol. The third-order valence-corrected chi connectivity index (χ3v) is 4.01. The topological polar surface area (TPSA) is 56.8 Å². The second-order valence-electron chi connectivity index (χ2n) is 6.64. The summed E-state index contributed by atoms with van der Waals surface area (Å²) >= 11 is 0. The van der Waals surface area contributed by atoms with Gasteiger partial charge in [0.1, 0.15) is 30.0 Å². The van der Waals surface area contributed by atoms with E-state index < -0.39 is 30.1 Å². The van der Waals surface area contributed by atoms with Gasteiger partial charge in [0.15, 0.2) is 0 Å². The van der Waals surface area contributed by atoms with Gasteiger partial charge < -0.3 is 14.2 Å². The van der Waals surface area contributed by atoms with Crippen molar-refractivity contribution >= 4 is 6.09 Å². The van der Waals surface area contributed by atoms with Crippen LogP contribution in [0.1, 0.15) is 33.6 Å². The summed E-state index contributed by atoms with van der Waals surface area (Å²) in [6.45, 7) is 9.02. The lowest BCUT2D eigenvalue weighted by molar-refractivity contribution is -0.274. The second-order valence-corrected chi connectivity index (χ2v) is 6.64. The summed E-state index contributed by atoms with van der Waals surface area (Å²) in [5, 5.41) is 2.59. The van der Waals surface area contributed by atoms with Gasteiger partial charge in [0.25, 0.3) is 0 Å². The number of hydrogen-bond donors (Lipinski definition) is 1. The number of alkyl carbamates (subject to hydrolysis) is 1. The number of alkyl halides is 3. The SMILES string of the molecule is C=CC(C)C/C=C\C(=C/C)NC(=O)OC(CC)COc1cc(F)cc(OC(F)(F)F)c1. The molecule has 5 nitrogen and oxygen atoms in total. The highest BCUT2D eigenvalue weighted by atomic mass is 19.4. The quantitative estimate of drug-likeness (QED) is 0.247. The van der Waals surface area contributed by atoms with Gasteiger partial charge in [-0.2, -0.15) is 0 Å². The zero-order chi connectivity index (χ0) is 23.4. The standard InChI is InChI=1S/C22H27F4NO4/c1-5-15(4)9-8-10-17(6-2)27-21(28)30-18(7-3)14-29-19-11-16(23)12-20(13-19)31-22(24,25)26/h5-6,8,10-13,15,18H,1,7,9,14H2,2-4H3,(H,27,28)/b10-8-,17-6+. The molecule has 0 saturated carbocycles. The highest BCUT2D eigenvalue weighted by molar-refractivity contribution is 5.70. The van der Waals surface area contributed by atoms with E-state index in [9.17, 15) is 22.4 Å². The summed E-state index contributed by atoms with van der Waals surface area (Å²) in [5.74, 6) is -1.59. The van der Waals surface area contributed by atoms with Crippen LogP contribution in [0.3, 0.4) is 0 Å². The van der Waals surface area contributed by atoms with Crippen LogP contribution in [0, 0.1) is 11.7 Å².